The van der Waals surface area contributed by atoms with Crippen LogP contribution in [-0.2, 0) is 14.3 Å². The lowest BCUT2D eigenvalue weighted by Gasteiger charge is -2.40. The molecule has 0 spiro atoms. The first-order valence-corrected chi connectivity index (χ1v) is 8.06. The number of nitrogens with zero attached hydrogens (tertiary/aromatic N) is 2. The van der Waals surface area contributed by atoms with Crippen LogP contribution >= 0.6 is 0 Å². The molecule has 1 aliphatic rings. The maximum absolute atomic E-state index is 12.2. The summed E-state index contributed by atoms with van der Waals surface area (Å²) in [5.74, 6) is -1.54. The lowest BCUT2D eigenvalue weighted by atomic mass is 9.92. The minimum absolute atomic E-state index is 0.270. The zero-order chi connectivity index (χ0) is 17.9. The van der Waals surface area contributed by atoms with Gasteiger partial charge < -0.3 is 15.6 Å². The number of carboxylic acids is 1. The van der Waals surface area contributed by atoms with Gasteiger partial charge in [-0.25, -0.2) is 0 Å². The second kappa shape index (κ2) is 7.27. The molecule has 2 heterocycles. The van der Waals surface area contributed by atoms with E-state index >= 15 is 0 Å². The summed E-state index contributed by atoms with van der Waals surface area (Å²) >= 11 is 0. The van der Waals surface area contributed by atoms with E-state index in [4.69, 9.17) is 10.5 Å². The average Bonchev–Trinajstić information content (AvgIpc) is 2.48. The molecule has 0 bridgehead atoms. The molecule has 0 aliphatic carbocycles. The summed E-state index contributed by atoms with van der Waals surface area (Å²) in [6.07, 6.45) is 3.50. The van der Waals surface area contributed by atoms with Gasteiger partial charge in [0.15, 0.2) is 0 Å². The molecule has 0 radical (unpaired) electrons. The van der Waals surface area contributed by atoms with Gasteiger partial charge >= 0.3 is 11.9 Å². The third kappa shape index (κ3) is 4.52. The highest BCUT2D eigenvalue weighted by molar-refractivity contribution is 5.76. The Labute approximate surface area is 141 Å². The second-order valence-electron chi connectivity index (χ2n) is 7.08. The van der Waals surface area contributed by atoms with E-state index in [1.165, 1.54) is 0 Å². The van der Waals surface area contributed by atoms with E-state index in [9.17, 15) is 14.7 Å². The molecule has 7 heteroatoms. The van der Waals surface area contributed by atoms with Gasteiger partial charge in [-0.3, -0.25) is 19.5 Å². The van der Waals surface area contributed by atoms with Gasteiger partial charge in [0.05, 0.1) is 12.1 Å². The Kier molecular flexibility index (Phi) is 5.56. The number of piperidine rings is 1. The van der Waals surface area contributed by atoms with Crippen molar-refractivity contribution in [3.63, 3.8) is 0 Å². The second-order valence-corrected chi connectivity index (χ2v) is 7.08. The number of esters is 1. The van der Waals surface area contributed by atoms with Crippen molar-refractivity contribution in [2.24, 2.45) is 11.7 Å². The van der Waals surface area contributed by atoms with Crippen LogP contribution in [0, 0.1) is 5.92 Å². The van der Waals surface area contributed by atoms with Gasteiger partial charge in [0.2, 0.25) is 0 Å². The number of hydrogen-bond acceptors (Lipinski definition) is 6. The predicted molar refractivity (Wildman–Crippen MR) is 87.9 cm³/mol. The summed E-state index contributed by atoms with van der Waals surface area (Å²) in [5, 5.41) is 9.62. The Morgan fingerprint density at radius 1 is 1.38 bits per heavy atom. The Morgan fingerprint density at radius 3 is 2.50 bits per heavy atom. The monoisotopic (exact) mass is 335 g/mol. The van der Waals surface area contributed by atoms with E-state index < -0.39 is 23.8 Å². The topological polar surface area (TPSA) is 106 Å². The first-order valence-electron chi connectivity index (χ1n) is 8.06. The minimum Gasteiger partial charge on any atom is -0.480 e. The maximum atomic E-state index is 12.2. The molecule has 2 rings (SSSR count). The lowest BCUT2D eigenvalue weighted by Crippen LogP contribution is -2.52. The van der Waals surface area contributed by atoms with Crippen LogP contribution in [0.5, 0.6) is 0 Å². The third-order valence-corrected chi connectivity index (χ3v) is 4.02. The van der Waals surface area contributed by atoms with E-state index in [1.54, 1.807) is 29.4 Å². The van der Waals surface area contributed by atoms with Crippen LogP contribution in [0.1, 0.15) is 45.2 Å². The fraction of sp³-hybridized carbons (Fsp3) is 0.588. The highest BCUT2D eigenvalue weighted by Gasteiger charge is 2.38. The number of aliphatic carboxylic acids is 1. The summed E-state index contributed by atoms with van der Waals surface area (Å²) in [4.78, 5) is 29.6. The van der Waals surface area contributed by atoms with Crippen molar-refractivity contribution in [2.75, 3.05) is 6.54 Å². The van der Waals surface area contributed by atoms with E-state index in [-0.39, 0.29) is 11.9 Å². The molecule has 0 amide bonds. The van der Waals surface area contributed by atoms with Gasteiger partial charge in [-0.1, -0.05) is 0 Å². The maximum Gasteiger partial charge on any atom is 0.325 e. The molecule has 0 aromatic carbocycles. The Bertz CT molecular complexity index is 585. The van der Waals surface area contributed by atoms with Crippen molar-refractivity contribution >= 4 is 11.9 Å². The van der Waals surface area contributed by atoms with Crippen LogP contribution in [0.15, 0.2) is 24.5 Å². The summed E-state index contributed by atoms with van der Waals surface area (Å²) < 4.78 is 5.42. The molecule has 1 fully saturated rings. The fourth-order valence-electron chi connectivity index (χ4n) is 2.96. The normalized spacial score (nSPS) is 23.5. The SMILES string of the molecule is CC(C)(C)OC(=O)[C@@H]1CCN([C@H](C(=O)O)c2ccncc2)[C@@H](N)C1. The van der Waals surface area contributed by atoms with Gasteiger partial charge in [0.1, 0.15) is 11.6 Å². The molecule has 1 saturated heterocycles. The number of carbonyl (C=O) groups is 2. The predicted octanol–water partition coefficient (Wildman–Crippen LogP) is 1.55. The third-order valence-electron chi connectivity index (χ3n) is 4.02. The van der Waals surface area contributed by atoms with E-state index in [2.05, 4.69) is 4.98 Å². The van der Waals surface area contributed by atoms with Crippen LogP contribution in [0.25, 0.3) is 0 Å². The van der Waals surface area contributed by atoms with Gasteiger partial charge in [-0.2, -0.15) is 0 Å². The van der Waals surface area contributed by atoms with Crippen molar-refractivity contribution in [3.05, 3.63) is 30.1 Å². The molecular weight excluding hydrogens is 310 g/mol. The number of aromatic nitrogens is 1. The zero-order valence-electron chi connectivity index (χ0n) is 14.3. The van der Waals surface area contributed by atoms with E-state index in [1.807, 2.05) is 20.8 Å². The summed E-state index contributed by atoms with van der Waals surface area (Å²) in [6.45, 7) is 5.89. The quantitative estimate of drug-likeness (QED) is 0.804. The molecule has 3 N–H and O–H groups in total. The molecule has 0 unspecified atom stereocenters. The van der Waals surface area contributed by atoms with E-state index in [0.29, 0.717) is 24.9 Å². The smallest absolute Gasteiger partial charge is 0.325 e. The Morgan fingerprint density at radius 2 is 2.00 bits per heavy atom. The first-order chi connectivity index (χ1) is 11.2. The summed E-state index contributed by atoms with van der Waals surface area (Å²) in [6, 6.07) is 2.50. The van der Waals surface area contributed by atoms with Crippen molar-refractivity contribution < 1.29 is 19.4 Å². The van der Waals surface area contributed by atoms with Crippen LogP contribution < -0.4 is 5.73 Å². The van der Waals surface area contributed by atoms with Gasteiger partial charge in [0.25, 0.3) is 0 Å². The Balaban J connectivity index is 2.09. The number of carboxylic acid groups (broad SMARTS) is 1. The molecule has 1 aromatic heterocycles. The van der Waals surface area contributed by atoms with Crippen LogP contribution in [0.3, 0.4) is 0 Å². The number of pyridine rings is 1. The fourth-order valence-corrected chi connectivity index (χ4v) is 2.96. The van der Waals surface area contributed by atoms with Crippen LogP contribution in [0.2, 0.25) is 0 Å². The summed E-state index contributed by atoms with van der Waals surface area (Å²) in [7, 11) is 0. The molecule has 1 aromatic rings. The number of likely N-dealkylation sites (tertiary alicyclic amines) is 1. The van der Waals surface area contributed by atoms with Crippen molar-refractivity contribution in [1.82, 2.24) is 9.88 Å². The van der Waals surface area contributed by atoms with Gasteiger partial charge in [0, 0.05) is 18.9 Å². The number of carbonyl (C=O) groups excluding carboxylic acids is 1. The number of rotatable bonds is 4. The number of nitrogens with two attached hydrogens (primary N) is 1. The van der Waals surface area contributed by atoms with Crippen molar-refractivity contribution in [1.29, 1.82) is 0 Å². The van der Waals surface area contributed by atoms with Gasteiger partial charge in [-0.15, -0.1) is 0 Å². The molecule has 3 atom stereocenters. The van der Waals surface area contributed by atoms with Gasteiger partial charge in [-0.05, 0) is 51.3 Å². The average molecular weight is 335 g/mol. The highest BCUT2D eigenvalue weighted by atomic mass is 16.6. The number of ether oxygens (including phenoxy) is 1. The minimum atomic E-state index is -0.965. The Hall–Kier alpha value is -1.99. The molecule has 132 valence electrons. The standard InChI is InChI=1S/C17H25N3O4/c1-17(2,3)24-16(23)12-6-9-20(13(18)10-12)14(15(21)22)11-4-7-19-8-5-11/h4-5,7-8,12-14H,6,9-10,18H2,1-3H3,(H,21,22)/t12-,13-,14+/m1/s1. The lowest BCUT2D eigenvalue weighted by molar-refractivity contribution is -0.163. The zero-order valence-corrected chi connectivity index (χ0v) is 14.3. The molecular formula is C17H25N3O4. The van der Waals surface area contributed by atoms with Crippen molar-refractivity contribution in [3.8, 4) is 0 Å². The number of hydrogen-bond donors (Lipinski definition) is 2. The van der Waals surface area contributed by atoms with Crippen LogP contribution in [0.4, 0.5) is 0 Å². The molecule has 24 heavy (non-hydrogen) atoms. The van der Waals surface area contributed by atoms with E-state index in [0.717, 1.165) is 0 Å². The first kappa shape index (κ1) is 18.4. The molecule has 1 aliphatic heterocycles. The summed E-state index contributed by atoms with van der Waals surface area (Å²) in [5.41, 5.74) is 6.27. The van der Waals surface area contributed by atoms with Crippen molar-refractivity contribution in [2.45, 2.75) is 51.4 Å². The highest BCUT2D eigenvalue weighted by Crippen LogP contribution is 2.30. The molecule has 0 saturated carbocycles. The largest absolute Gasteiger partial charge is 0.480 e. The molecule has 7 nitrogen and oxygen atoms in total. The van der Waals surface area contributed by atoms with Crippen LogP contribution in [-0.4, -0.2) is 45.2 Å².